The summed E-state index contributed by atoms with van der Waals surface area (Å²) in [4.78, 5) is 7.10. The molecule has 0 saturated carbocycles. The van der Waals surface area contributed by atoms with Crippen molar-refractivity contribution in [3.8, 4) is 0 Å². The number of H-pyrrole nitrogens is 1. The predicted molar refractivity (Wildman–Crippen MR) is 73.7 cm³/mol. The maximum atomic E-state index is 12.4. The zero-order valence-electron chi connectivity index (χ0n) is 11.3. The summed E-state index contributed by atoms with van der Waals surface area (Å²) in [6, 6.07) is -0.289. The third-order valence-corrected chi connectivity index (χ3v) is 5.08. The van der Waals surface area contributed by atoms with Crippen molar-refractivity contribution in [1.82, 2.24) is 19.0 Å². The fourth-order valence-corrected chi connectivity index (χ4v) is 3.86. The van der Waals surface area contributed by atoms with Gasteiger partial charge in [-0.15, -0.1) is 0 Å². The second-order valence-electron chi connectivity index (χ2n) is 4.87. The summed E-state index contributed by atoms with van der Waals surface area (Å²) in [6.07, 6.45) is 8.12. The Morgan fingerprint density at radius 2 is 2.05 bits per heavy atom. The maximum Gasteiger partial charge on any atom is 0.280 e. The highest BCUT2D eigenvalue weighted by molar-refractivity contribution is 7.87. The molecule has 1 saturated heterocycles. The Hall–Kier alpha value is -0.920. The van der Waals surface area contributed by atoms with Crippen LogP contribution in [0.4, 0.5) is 0 Å². The van der Waals surface area contributed by atoms with Gasteiger partial charge in [-0.05, 0) is 19.3 Å². The first-order chi connectivity index (χ1) is 9.13. The lowest BCUT2D eigenvalue weighted by atomic mass is 10.2. The van der Waals surface area contributed by atoms with Gasteiger partial charge in [0.15, 0.2) is 0 Å². The van der Waals surface area contributed by atoms with Crippen LogP contribution in [0.3, 0.4) is 0 Å². The van der Waals surface area contributed by atoms with E-state index in [1.807, 2.05) is 6.92 Å². The van der Waals surface area contributed by atoms with Gasteiger partial charge in [-0.2, -0.15) is 17.4 Å². The van der Waals surface area contributed by atoms with Crippen LogP contribution in [-0.2, 0) is 10.2 Å². The molecule has 1 unspecified atom stereocenters. The zero-order valence-corrected chi connectivity index (χ0v) is 12.1. The molecule has 6 nitrogen and oxygen atoms in total. The minimum absolute atomic E-state index is 0.289. The molecular formula is C12H22N4O2S. The van der Waals surface area contributed by atoms with Crippen molar-refractivity contribution in [3.63, 3.8) is 0 Å². The van der Waals surface area contributed by atoms with Crippen molar-refractivity contribution in [3.05, 3.63) is 18.2 Å². The van der Waals surface area contributed by atoms with Crippen molar-refractivity contribution in [2.75, 3.05) is 13.1 Å². The number of hydrogen-bond acceptors (Lipinski definition) is 3. The van der Waals surface area contributed by atoms with E-state index in [-0.39, 0.29) is 6.04 Å². The van der Waals surface area contributed by atoms with E-state index in [1.165, 1.54) is 0 Å². The number of aromatic amines is 1. The SMILES string of the molecule is CCC(NS(=O)(=O)N1CCCCCC1)c1ncc[nH]1. The normalized spacial score (nSPS) is 20.1. The van der Waals surface area contributed by atoms with Gasteiger partial charge in [0.05, 0.1) is 6.04 Å². The number of aromatic nitrogens is 2. The summed E-state index contributed by atoms with van der Waals surface area (Å²) >= 11 is 0. The Labute approximate surface area is 114 Å². The second-order valence-corrected chi connectivity index (χ2v) is 6.57. The van der Waals surface area contributed by atoms with Gasteiger partial charge in [0.25, 0.3) is 10.2 Å². The second kappa shape index (κ2) is 6.49. The van der Waals surface area contributed by atoms with Crippen LogP contribution in [0, 0.1) is 0 Å². The lowest BCUT2D eigenvalue weighted by Crippen LogP contribution is -2.42. The summed E-state index contributed by atoms with van der Waals surface area (Å²) in [7, 11) is -3.42. The van der Waals surface area contributed by atoms with Crippen LogP contribution in [0.25, 0.3) is 0 Å². The van der Waals surface area contributed by atoms with Gasteiger partial charge in [-0.25, -0.2) is 4.98 Å². The van der Waals surface area contributed by atoms with Gasteiger partial charge < -0.3 is 4.98 Å². The topological polar surface area (TPSA) is 78.1 Å². The fourth-order valence-electron chi connectivity index (χ4n) is 2.34. The van der Waals surface area contributed by atoms with Gasteiger partial charge >= 0.3 is 0 Å². The zero-order chi connectivity index (χ0) is 13.7. The van der Waals surface area contributed by atoms with Crippen molar-refractivity contribution in [2.24, 2.45) is 0 Å². The number of hydrogen-bond donors (Lipinski definition) is 2. The molecule has 108 valence electrons. The average Bonchev–Trinajstić information content (AvgIpc) is 2.77. The highest BCUT2D eigenvalue weighted by Gasteiger charge is 2.26. The van der Waals surface area contributed by atoms with E-state index < -0.39 is 10.2 Å². The molecule has 2 heterocycles. The molecule has 0 spiro atoms. The van der Waals surface area contributed by atoms with E-state index in [0.29, 0.717) is 25.3 Å². The third kappa shape index (κ3) is 3.77. The molecule has 0 radical (unpaired) electrons. The molecule has 19 heavy (non-hydrogen) atoms. The Balaban J connectivity index is 2.06. The lowest BCUT2D eigenvalue weighted by molar-refractivity contribution is 0.404. The molecule has 1 aliphatic rings. The Morgan fingerprint density at radius 1 is 1.37 bits per heavy atom. The molecule has 1 fully saturated rings. The quantitative estimate of drug-likeness (QED) is 0.862. The Bertz CT molecular complexity index is 464. The van der Waals surface area contributed by atoms with Crippen molar-refractivity contribution in [1.29, 1.82) is 0 Å². The summed E-state index contributed by atoms with van der Waals surface area (Å²) < 4.78 is 29.1. The highest BCUT2D eigenvalue weighted by Crippen LogP contribution is 2.17. The first-order valence-corrected chi connectivity index (χ1v) is 8.34. The molecule has 1 aromatic heterocycles. The smallest absolute Gasteiger partial charge is 0.280 e. The lowest BCUT2D eigenvalue weighted by Gasteiger charge is -2.23. The van der Waals surface area contributed by atoms with Crippen LogP contribution in [0.15, 0.2) is 12.4 Å². The molecule has 0 bridgehead atoms. The molecule has 2 rings (SSSR count). The minimum atomic E-state index is -3.42. The van der Waals surface area contributed by atoms with Crippen LogP contribution >= 0.6 is 0 Å². The summed E-state index contributed by atoms with van der Waals surface area (Å²) in [5.74, 6) is 0.667. The molecule has 0 aromatic carbocycles. The van der Waals surface area contributed by atoms with Gasteiger partial charge in [0.1, 0.15) is 5.82 Å². The average molecular weight is 286 g/mol. The molecule has 0 aliphatic carbocycles. The van der Waals surface area contributed by atoms with Crippen LogP contribution < -0.4 is 4.72 Å². The first kappa shape index (κ1) is 14.5. The monoisotopic (exact) mass is 286 g/mol. The molecule has 1 aliphatic heterocycles. The van der Waals surface area contributed by atoms with Crippen LogP contribution in [0.5, 0.6) is 0 Å². The van der Waals surface area contributed by atoms with Crippen molar-refractivity contribution < 1.29 is 8.42 Å². The Kier molecular flexibility index (Phi) is 4.95. The van der Waals surface area contributed by atoms with E-state index in [1.54, 1.807) is 16.7 Å². The van der Waals surface area contributed by atoms with Crippen molar-refractivity contribution >= 4 is 10.2 Å². The van der Waals surface area contributed by atoms with Crippen molar-refractivity contribution in [2.45, 2.75) is 45.1 Å². The van der Waals surface area contributed by atoms with E-state index in [4.69, 9.17) is 0 Å². The van der Waals surface area contributed by atoms with Gasteiger partial charge in [0, 0.05) is 25.5 Å². The molecule has 0 amide bonds. The number of nitrogens with zero attached hydrogens (tertiary/aromatic N) is 2. The van der Waals surface area contributed by atoms with Crippen LogP contribution in [-0.4, -0.2) is 35.8 Å². The molecular weight excluding hydrogens is 264 g/mol. The number of rotatable bonds is 5. The summed E-state index contributed by atoms with van der Waals surface area (Å²) in [5, 5.41) is 0. The maximum absolute atomic E-state index is 12.4. The van der Waals surface area contributed by atoms with Crippen LogP contribution in [0.1, 0.15) is 50.9 Å². The van der Waals surface area contributed by atoms with Gasteiger partial charge in [-0.1, -0.05) is 19.8 Å². The van der Waals surface area contributed by atoms with E-state index >= 15 is 0 Å². The largest absolute Gasteiger partial charge is 0.347 e. The molecule has 7 heteroatoms. The Morgan fingerprint density at radius 3 is 2.58 bits per heavy atom. The number of nitrogens with one attached hydrogen (secondary N) is 2. The van der Waals surface area contributed by atoms with E-state index in [0.717, 1.165) is 25.7 Å². The molecule has 1 aromatic rings. The standard InChI is InChI=1S/C12H22N4O2S/c1-2-11(12-13-7-8-14-12)15-19(17,18)16-9-5-3-4-6-10-16/h7-8,11,15H,2-6,9-10H2,1H3,(H,13,14). The third-order valence-electron chi connectivity index (χ3n) is 3.45. The van der Waals surface area contributed by atoms with E-state index in [2.05, 4.69) is 14.7 Å². The van der Waals surface area contributed by atoms with Gasteiger partial charge in [0.2, 0.25) is 0 Å². The van der Waals surface area contributed by atoms with Gasteiger partial charge in [-0.3, -0.25) is 0 Å². The minimum Gasteiger partial charge on any atom is -0.347 e. The predicted octanol–water partition coefficient (Wildman–Crippen LogP) is 1.57. The fraction of sp³-hybridized carbons (Fsp3) is 0.750. The molecule has 2 N–H and O–H groups in total. The van der Waals surface area contributed by atoms with Crippen LogP contribution in [0.2, 0.25) is 0 Å². The number of imidazole rings is 1. The van der Waals surface area contributed by atoms with E-state index in [9.17, 15) is 8.42 Å². The summed E-state index contributed by atoms with van der Waals surface area (Å²) in [5.41, 5.74) is 0. The summed E-state index contributed by atoms with van der Waals surface area (Å²) in [6.45, 7) is 3.17. The first-order valence-electron chi connectivity index (χ1n) is 6.90. The highest BCUT2D eigenvalue weighted by atomic mass is 32.2. The molecule has 1 atom stereocenters.